The second-order valence-corrected chi connectivity index (χ2v) is 9.20. The zero-order chi connectivity index (χ0) is 23.9. The quantitative estimate of drug-likeness (QED) is 0.476. The summed E-state index contributed by atoms with van der Waals surface area (Å²) in [5.74, 6) is -3.95. The molecule has 9 heteroatoms. The minimum atomic E-state index is -0.859. The van der Waals surface area contributed by atoms with Crippen molar-refractivity contribution in [3.8, 4) is 0 Å². The zero-order valence-electron chi connectivity index (χ0n) is 19.4. The molecule has 4 aliphatic carbocycles. The molecule has 8 nitrogen and oxygen atoms in total. The first-order chi connectivity index (χ1) is 15.2. The van der Waals surface area contributed by atoms with E-state index in [0.29, 0.717) is 0 Å². The molecule has 0 aromatic carbocycles. The molecule has 0 saturated heterocycles. The van der Waals surface area contributed by atoms with Crippen LogP contribution in [0.25, 0.3) is 0 Å². The van der Waals surface area contributed by atoms with Crippen molar-refractivity contribution < 1.29 is 61.3 Å². The van der Waals surface area contributed by atoms with Crippen molar-refractivity contribution in [1.29, 1.82) is 0 Å². The first kappa shape index (κ1) is 31.6. The summed E-state index contributed by atoms with van der Waals surface area (Å²) in [6, 6.07) is 0. The Hall–Kier alpha value is -1.41. The summed E-state index contributed by atoms with van der Waals surface area (Å²) in [6.07, 6.45) is 15.2. The predicted molar refractivity (Wildman–Crippen MR) is 108 cm³/mol. The van der Waals surface area contributed by atoms with Crippen LogP contribution < -0.4 is 20.4 Å². The molecular formula is C24H36O8Ti. The fraction of sp³-hybridized carbons (Fsp3) is 0.833. The summed E-state index contributed by atoms with van der Waals surface area (Å²) < 4.78 is 0. The van der Waals surface area contributed by atoms with Gasteiger partial charge >= 0.3 is 21.7 Å². The zero-order valence-corrected chi connectivity index (χ0v) is 21.0. The monoisotopic (exact) mass is 500 g/mol. The van der Waals surface area contributed by atoms with Crippen LogP contribution in [0.4, 0.5) is 0 Å². The van der Waals surface area contributed by atoms with Crippen molar-refractivity contribution in [2.45, 2.75) is 103 Å². The summed E-state index contributed by atoms with van der Waals surface area (Å²) in [5.41, 5.74) is 0. The van der Waals surface area contributed by atoms with E-state index in [1.165, 1.54) is 0 Å². The fourth-order valence-corrected chi connectivity index (χ4v) is 4.65. The van der Waals surface area contributed by atoms with Crippen LogP contribution in [0.3, 0.4) is 0 Å². The van der Waals surface area contributed by atoms with E-state index in [4.69, 9.17) is 0 Å². The summed E-state index contributed by atoms with van der Waals surface area (Å²) in [6.45, 7) is 0. The standard InChI is InChI=1S/4C6H10O2.Ti/c4*7-6(8)5-3-1-2-4-5;/h4*5H,1-4H2,(H,7,8);/q;;;;+4/p-4. The van der Waals surface area contributed by atoms with Crippen LogP contribution >= 0.6 is 0 Å². The molecular weight excluding hydrogens is 464 g/mol. The Balaban J connectivity index is 0.000000410. The Morgan fingerprint density at radius 3 is 0.545 bits per heavy atom. The maximum Gasteiger partial charge on any atom is 4.00 e. The Kier molecular flexibility index (Phi) is 17.2. The topological polar surface area (TPSA) is 161 Å². The molecule has 0 aromatic rings. The molecule has 4 rings (SSSR count). The molecule has 0 unspecified atom stereocenters. The minimum absolute atomic E-state index is 0. The van der Waals surface area contributed by atoms with Gasteiger partial charge in [0.1, 0.15) is 0 Å². The van der Waals surface area contributed by atoms with Gasteiger partial charge in [-0.2, -0.15) is 0 Å². The molecule has 0 bridgehead atoms. The van der Waals surface area contributed by atoms with Gasteiger partial charge in [0, 0.05) is 23.9 Å². The molecule has 184 valence electrons. The van der Waals surface area contributed by atoms with Crippen molar-refractivity contribution in [3.63, 3.8) is 0 Å². The first-order valence-corrected chi connectivity index (χ1v) is 12.1. The number of carbonyl (C=O) groups is 4. The van der Waals surface area contributed by atoms with Gasteiger partial charge in [-0.05, 0) is 75.0 Å². The molecule has 33 heavy (non-hydrogen) atoms. The molecule has 0 aromatic heterocycles. The van der Waals surface area contributed by atoms with E-state index in [-0.39, 0.29) is 45.4 Å². The number of hydrogen-bond donors (Lipinski definition) is 0. The molecule has 0 atom stereocenters. The molecule has 4 aliphatic rings. The molecule has 0 heterocycles. The maximum absolute atomic E-state index is 10.1. The van der Waals surface area contributed by atoms with E-state index in [1.807, 2.05) is 0 Å². The van der Waals surface area contributed by atoms with Crippen LogP contribution in [0, 0.1) is 23.7 Å². The molecule has 0 spiro atoms. The van der Waals surface area contributed by atoms with Gasteiger partial charge < -0.3 is 39.6 Å². The molecule has 0 aliphatic heterocycles. The largest absolute Gasteiger partial charge is 4.00 e. The van der Waals surface area contributed by atoms with Gasteiger partial charge in [0.2, 0.25) is 0 Å². The number of carboxylic acids is 4. The van der Waals surface area contributed by atoms with Crippen LogP contribution in [0.15, 0.2) is 0 Å². The van der Waals surface area contributed by atoms with Crippen LogP contribution in [0.2, 0.25) is 0 Å². The van der Waals surface area contributed by atoms with Gasteiger partial charge in [-0.1, -0.05) is 51.4 Å². The molecule has 0 radical (unpaired) electrons. The second kappa shape index (κ2) is 18.0. The number of carbonyl (C=O) groups excluding carboxylic acids is 4. The average Bonchev–Trinajstić information content (AvgIpc) is 3.56. The minimum Gasteiger partial charge on any atom is -0.550 e. The average molecular weight is 500 g/mol. The Morgan fingerprint density at radius 1 is 0.364 bits per heavy atom. The summed E-state index contributed by atoms with van der Waals surface area (Å²) >= 11 is 0. The van der Waals surface area contributed by atoms with E-state index < -0.39 is 23.9 Å². The second-order valence-electron chi connectivity index (χ2n) is 9.20. The number of carboxylic acid groups (broad SMARTS) is 4. The summed E-state index contributed by atoms with van der Waals surface area (Å²) in [7, 11) is 0. The van der Waals surface area contributed by atoms with Gasteiger partial charge in [-0.25, -0.2) is 0 Å². The van der Waals surface area contributed by atoms with E-state index in [0.717, 1.165) is 103 Å². The van der Waals surface area contributed by atoms with Crippen molar-refractivity contribution in [2.75, 3.05) is 0 Å². The normalized spacial score (nSPS) is 20.8. The number of hydrogen-bond acceptors (Lipinski definition) is 8. The van der Waals surface area contributed by atoms with E-state index in [9.17, 15) is 39.6 Å². The van der Waals surface area contributed by atoms with Crippen molar-refractivity contribution in [1.82, 2.24) is 0 Å². The third kappa shape index (κ3) is 13.8. The summed E-state index contributed by atoms with van der Waals surface area (Å²) in [4.78, 5) is 40.4. The van der Waals surface area contributed by atoms with Crippen molar-refractivity contribution in [3.05, 3.63) is 0 Å². The molecule has 0 amide bonds. The maximum atomic E-state index is 10.1. The third-order valence-corrected chi connectivity index (χ3v) is 6.75. The van der Waals surface area contributed by atoms with Crippen LogP contribution in [-0.4, -0.2) is 23.9 Å². The van der Waals surface area contributed by atoms with Gasteiger partial charge in [0.05, 0.1) is 0 Å². The number of aliphatic carboxylic acids is 4. The van der Waals surface area contributed by atoms with Crippen LogP contribution in [0.5, 0.6) is 0 Å². The number of rotatable bonds is 4. The van der Waals surface area contributed by atoms with E-state index >= 15 is 0 Å². The van der Waals surface area contributed by atoms with Gasteiger partial charge in [-0.3, -0.25) is 0 Å². The van der Waals surface area contributed by atoms with E-state index in [1.54, 1.807) is 0 Å². The Morgan fingerprint density at radius 2 is 0.485 bits per heavy atom. The fourth-order valence-electron chi connectivity index (χ4n) is 4.65. The predicted octanol–water partition coefficient (Wildman–Crippen LogP) is -0.296. The smallest absolute Gasteiger partial charge is 0.550 e. The Labute approximate surface area is 211 Å². The summed E-state index contributed by atoms with van der Waals surface area (Å²) in [5, 5.41) is 40.4. The molecule has 0 N–H and O–H groups in total. The Bertz CT molecular complexity index is 481. The van der Waals surface area contributed by atoms with Crippen molar-refractivity contribution in [2.24, 2.45) is 23.7 Å². The van der Waals surface area contributed by atoms with Gasteiger partial charge in [0.25, 0.3) is 0 Å². The first-order valence-electron chi connectivity index (χ1n) is 12.1. The van der Waals surface area contributed by atoms with Crippen LogP contribution in [-0.2, 0) is 40.9 Å². The van der Waals surface area contributed by atoms with E-state index in [2.05, 4.69) is 0 Å². The SMILES string of the molecule is O=C([O-])C1CCCC1.O=C([O-])C1CCCC1.O=C([O-])C1CCCC1.O=C([O-])C1CCCC1.[Ti+4]. The van der Waals surface area contributed by atoms with Gasteiger partial charge in [-0.15, -0.1) is 0 Å². The van der Waals surface area contributed by atoms with Gasteiger partial charge in [0.15, 0.2) is 0 Å². The molecule has 4 saturated carbocycles. The third-order valence-electron chi connectivity index (χ3n) is 6.75. The molecule has 4 fully saturated rings. The van der Waals surface area contributed by atoms with Crippen LogP contribution in [0.1, 0.15) is 103 Å². The van der Waals surface area contributed by atoms with Crippen molar-refractivity contribution >= 4 is 23.9 Å².